The zero-order chi connectivity index (χ0) is 19.9. The monoisotopic (exact) mass is 396 g/mol. The van der Waals surface area contributed by atoms with Gasteiger partial charge >= 0.3 is 0 Å². The predicted octanol–water partition coefficient (Wildman–Crippen LogP) is 3.37. The van der Waals surface area contributed by atoms with Gasteiger partial charge in [0.05, 0.1) is 4.90 Å². The van der Waals surface area contributed by atoms with Crippen LogP contribution in [0.5, 0.6) is 5.75 Å². The summed E-state index contributed by atoms with van der Waals surface area (Å²) in [6.07, 6.45) is 6.86. The number of benzene rings is 1. The van der Waals surface area contributed by atoms with E-state index in [0.717, 1.165) is 25.7 Å². The Bertz CT molecular complexity index is 693. The highest BCUT2D eigenvalue weighted by molar-refractivity contribution is 7.89. The summed E-state index contributed by atoms with van der Waals surface area (Å²) in [5.74, 6) is 0.263. The van der Waals surface area contributed by atoms with Gasteiger partial charge < -0.3 is 10.1 Å². The fraction of sp³-hybridized carbons (Fsp3) is 0.650. The maximum absolute atomic E-state index is 12.6. The van der Waals surface area contributed by atoms with Crippen molar-refractivity contribution >= 4 is 15.9 Å². The Hall–Kier alpha value is -1.60. The highest BCUT2D eigenvalue weighted by atomic mass is 32.2. The van der Waals surface area contributed by atoms with E-state index in [1.165, 1.54) is 31.4 Å². The maximum atomic E-state index is 12.6. The van der Waals surface area contributed by atoms with Crippen LogP contribution >= 0.6 is 0 Å². The van der Waals surface area contributed by atoms with Crippen molar-refractivity contribution in [3.8, 4) is 5.75 Å². The Kier molecular flexibility index (Phi) is 8.10. The summed E-state index contributed by atoms with van der Waals surface area (Å²) in [7, 11) is -3.55. The molecule has 1 amide bonds. The lowest BCUT2D eigenvalue weighted by molar-refractivity contribution is -0.127. The van der Waals surface area contributed by atoms with Gasteiger partial charge in [0, 0.05) is 12.1 Å². The summed E-state index contributed by atoms with van der Waals surface area (Å²) in [5, 5.41) is 2.78. The van der Waals surface area contributed by atoms with E-state index in [1.54, 1.807) is 19.1 Å². The fourth-order valence-electron chi connectivity index (χ4n) is 3.22. The van der Waals surface area contributed by atoms with Crippen molar-refractivity contribution in [2.45, 2.75) is 88.8 Å². The van der Waals surface area contributed by atoms with Crippen LogP contribution in [0.2, 0.25) is 0 Å². The van der Waals surface area contributed by atoms with Gasteiger partial charge in [-0.05, 0) is 57.9 Å². The van der Waals surface area contributed by atoms with Crippen LogP contribution in [-0.2, 0) is 14.8 Å². The first-order valence-corrected chi connectivity index (χ1v) is 11.4. The molecule has 7 heteroatoms. The zero-order valence-corrected chi connectivity index (χ0v) is 17.3. The van der Waals surface area contributed by atoms with Gasteiger partial charge in [0.25, 0.3) is 5.91 Å². The first-order chi connectivity index (χ1) is 12.8. The molecule has 1 aromatic rings. The number of sulfonamides is 1. The fourth-order valence-corrected chi connectivity index (χ4v) is 4.52. The van der Waals surface area contributed by atoms with Crippen molar-refractivity contribution in [2.75, 3.05) is 0 Å². The minimum absolute atomic E-state index is 0.00554. The number of hydrogen-bond donors (Lipinski definition) is 2. The van der Waals surface area contributed by atoms with Gasteiger partial charge in [0.2, 0.25) is 10.0 Å². The third kappa shape index (κ3) is 7.14. The Labute approximate surface area is 163 Å². The molecule has 27 heavy (non-hydrogen) atoms. The second-order valence-electron chi connectivity index (χ2n) is 7.56. The van der Waals surface area contributed by atoms with E-state index in [4.69, 9.17) is 4.74 Å². The molecular weight excluding hydrogens is 364 g/mol. The molecular formula is C20H32N2O4S. The molecule has 152 valence electrons. The second kappa shape index (κ2) is 10.1. The van der Waals surface area contributed by atoms with Gasteiger partial charge in [-0.2, -0.15) is 0 Å². The van der Waals surface area contributed by atoms with Crippen LogP contribution in [0.1, 0.15) is 65.7 Å². The highest BCUT2D eigenvalue weighted by Crippen LogP contribution is 2.21. The van der Waals surface area contributed by atoms with E-state index >= 15 is 0 Å². The average Bonchev–Trinajstić information content (AvgIpc) is 2.57. The summed E-state index contributed by atoms with van der Waals surface area (Å²) in [5.41, 5.74) is 0. The van der Waals surface area contributed by atoms with Crippen LogP contribution in [0, 0.1) is 0 Å². The molecule has 0 heterocycles. The molecule has 6 nitrogen and oxygen atoms in total. The first-order valence-electron chi connectivity index (χ1n) is 9.87. The molecule has 1 aliphatic carbocycles. The number of amides is 1. The Balaban J connectivity index is 1.97. The van der Waals surface area contributed by atoms with Crippen molar-refractivity contribution in [1.29, 1.82) is 0 Å². The Morgan fingerprint density at radius 1 is 1.00 bits per heavy atom. The van der Waals surface area contributed by atoms with Crippen molar-refractivity contribution in [3.05, 3.63) is 24.3 Å². The molecule has 0 spiro atoms. The largest absolute Gasteiger partial charge is 0.481 e. The number of carbonyl (C=O) groups is 1. The van der Waals surface area contributed by atoms with Gasteiger partial charge in [0.1, 0.15) is 5.75 Å². The van der Waals surface area contributed by atoms with E-state index in [1.807, 2.05) is 13.8 Å². The number of rotatable bonds is 7. The van der Waals surface area contributed by atoms with E-state index < -0.39 is 16.1 Å². The summed E-state index contributed by atoms with van der Waals surface area (Å²) < 4.78 is 33.7. The van der Waals surface area contributed by atoms with Gasteiger partial charge in [-0.15, -0.1) is 0 Å². The van der Waals surface area contributed by atoms with Crippen LogP contribution in [0.3, 0.4) is 0 Å². The minimum atomic E-state index is -3.55. The topological polar surface area (TPSA) is 84.5 Å². The molecule has 0 aliphatic heterocycles. The molecule has 2 N–H and O–H groups in total. The lowest BCUT2D eigenvalue weighted by Gasteiger charge is -2.21. The third-order valence-corrected chi connectivity index (χ3v) is 6.21. The zero-order valence-electron chi connectivity index (χ0n) is 16.5. The molecule has 2 rings (SSSR count). The van der Waals surface area contributed by atoms with Crippen LogP contribution in [-0.4, -0.2) is 32.5 Å². The smallest absolute Gasteiger partial charge is 0.260 e. The normalized spacial score (nSPS) is 17.8. The summed E-state index contributed by atoms with van der Waals surface area (Å²) in [6, 6.07) is 6.26. The Morgan fingerprint density at radius 2 is 1.56 bits per heavy atom. The van der Waals surface area contributed by atoms with Crippen molar-refractivity contribution < 1.29 is 17.9 Å². The number of hydrogen-bond acceptors (Lipinski definition) is 4. The van der Waals surface area contributed by atoms with Crippen LogP contribution in [0.25, 0.3) is 0 Å². The highest BCUT2D eigenvalue weighted by Gasteiger charge is 2.21. The van der Waals surface area contributed by atoms with Crippen molar-refractivity contribution in [1.82, 2.24) is 10.0 Å². The molecule has 0 bridgehead atoms. The molecule has 0 radical (unpaired) electrons. The number of nitrogens with one attached hydrogen (secondary N) is 2. The van der Waals surface area contributed by atoms with Gasteiger partial charge in [-0.3, -0.25) is 4.79 Å². The van der Waals surface area contributed by atoms with E-state index in [-0.39, 0.29) is 22.9 Å². The molecule has 1 saturated carbocycles. The Morgan fingerprint density at radius 3 is 2.11 bits per heavy atom. The molecule has 0 unspecified atom stereocenters. The summed E-state index contributed by atoms with van der Waals surface area (Å²) >= 11 is 0. The standard InChI is InChI=1S/C20H32N2O4S/c1-15(2)21-20(23)16(3)26-18-11-13-19(14-12-18)27(24,25)22-17-9-7-5-4-6-8-10-17/h11-17,22H,4-10H2,1-3H3,(H,21,23)/t16-/m1/s1. The molecule has 1 fully saturated rings. The SMILES string of the molecule is CC(C)NC(=O)[C@@H](C)Oc1ccc(S(=O)(=O)NC2CCCCCCC2)cc1. The molecule has 1 aliphatic rings. The molecule has 0 saturated heterocycles. The van der Waals surface area contributed by atoms with Crippen LogP contribution in [0.4, 0.5) is 0 Å². The van der Waals surface area contributed by atoms with Crippen LogP contribution in [0.15, 0.2) is 29.2 Å². The quantitative estimate of drug-likeness (QED) is 0.740. The van der Waals surface area contributed by atoms with Crippen LogP contribution < -0.4 is 14.8 Å². The van der Waals surface area contributed by atoms with E-state index in [2.05, 4.69) is 10.0 Å². The molecule has 1 aromatic carbocycles. The van der Waals surface area contributed by atoms with Gasteiger partial charge in [-0.1, -0.05) is 32.1 Å². The summed E-state index contributed by atoms with van der Waals surface area (Å²) in [4.78, 5) is 12.1. The molecule has 0 aromatic heterocycles. The minimum Gasteiger partial charge on any atom is -0.481 e. The lowest BCUT2D eigenvalue weighted by Crippen LogP contribution is -2.40. The van der Waals surface area contributed by atoms with Crippen molar-refractivity contribution in [2.24, 2.45) is 0 Å². The number of ether oxygens (including phenoxy) is 1. The summed E-state index contributed by atoms with van der Waals surface area (Å²) in [6.45, 7) is 5.43. The second-order valence-corrected chi connectivity index (χ2v) is 9.27. The maximum Gasteiger partial charge on any atom is 0.260 e. The third-order valence-electron chi connectivity index (χ3n) is 4.67. The first kappa shape index (κ1) is 21.7. The van der Waals surface area contributed by atoms with Gasteiger partial charge in [-0.25, -0.2) is 13.1 Å². The lowest BCUT2D eigenvalue weighted by atomic mass is 9.97. The average molecular weight is 397 g/mol. The van der Waals surface area contributed by atoms with Gasteiger partial charge in [0.15, 0.2) is 6.10 Å². The molecule has 1 atom stereocenters. The number of carbonyl (C=O) groups excluding carboxylic acids is 1. The van der Waals surface area contributed by atoms with E-state index in [9.17, 15) is 13.2 Å². The predicted molar refractivity (Wildman–Crippen MR) is 106 cm³/mol. The van der Waals surface area contributed by atoms with Crippen molar-refractivity contribution in [3.63, 3.8) is 0 Å². The van der Waals surface area contributed by atoms with E-state index in [0.29, 0.717) is 5.75 Å².